The largest absolute Gasteiger partial charge is 0.481 e. The molecule has 0 radical (unpaired) electrons. The molecule has 0 saturated carbocycles. The topological polar surface area (TPSA) is 168 Å². The Labute approximate surface area is 224 Å². The zero-order valence-electron chi connectivity index (χ0n) is 22.6. The summed E-state index contributed by atoms with van der Waals surface area (Å²) in [5.41, 5.74) is 0.231. The van der Waals surface area contributed by atoms with E-state index in [0.717, 1.165) is 0 Å². The van der Waals surface area contributed by atoms with E-state index in [1.54, 1.807) is 7.11 Å². The maximum absolute atomic E-state index is 12.6. The molecule has 0 aromatic rings. The minimum Gasteiger partial charge on any atom is -0.481 e. The molecule has 0 saturated heterocycles. The summed E-state index contributed by atoms with van der Waals surface area (Å²) in [6, 6.07) is -1.02. The van der Waals surface area contributed by atoms with Crippen molar-refractivity contribution in [2.75, 3.05) is 86.3 Å². The van der Waals surface area contributed by atoms with Gasteiger partial charge in [-0.1, -0.05) is 6.58 Å². The monoisotopic (exact) mass is 548 g/mol. The van der Waals surface area contributed by atoms with Crippen molar-refractivity contribution >= 4 is 23.6 Å². The first-order valence-corrected chi connectivity index (χ1v) is 12.6. The van der Waals surface area contributed by atoms with Gasteiger partial charge in [-0.25, -0.2) is 0 Å². The Bertz CT molecular complexity index is 688. The summed E-state index contributed by atoms with van der Waals surface area (Å²) in [4.78, 5) is 47.3. The van der Waals surface area contributed by atoms with E-state index < -0.39 is 23.8 Å². The van der Waals surface area contributed by atoms with Gasteiger partial charge in [0, 0.05) is 38.7 Å². The second-order valence-electron chi connectivity index (χ2n) is 8.14. The second-order valence-corrected chi connectivity index (χ2v) is 8.14. The molecule has 0 aliphatic heterocycles. The lowest BCUT2D eigenvalue weighted by molar-refractivity contribution is -0.138. The van der Waals surface area contributed by atoms with Crippen molar-refractivity contribution in [3.8, 4) is 0 Å². The zero-order valence-corrected chi connectivity index (χ0v) is 22.6. The van der Waals surface area contributed by atoms with Crippen molar-refractivity contribution in [3.05, 3.63) is 12.2 Å². The fourth-order valence-corrected chi connectivity index (χ4v) is 2.73. The van der Waals surface area contributed by atoms with Crippen LogP contribution in [0.5, 0.6) is 0 Å². The highest BCUT2D eigenvalue weighted by atomic mass is 16.5. The molecular weight excluding hydrogens is 504 g/mol. The molecule has 3 N–H and O–H groups in total. The number of carboxylic acids is 1. The van der Waals surface area contributed by atoms with E-state index in [1.165, 1.54) is 6.92 Å². The molecule has 0 aromatic heterocycles. The average molecular weight is 549 g/mol. The van der Waals surface area contributed by atoms with Gasteiger partial charge in [0.25, 0.3) is 0 Å². The van der Waals surface area contributed by atoms with Gasteiger partial charge in [0.2, 0.25) is 11.8 Å². The van der Waals surface area contributed by atoms with Crippen LogP contribution in [-0.2, 0) is 47.6 Å². The Hall–Kier alpha value is -2.42. The van der Waals surface area contributed by atoms with E-state index in [4.69, 9.17) is 33.5 Å². The number of ketones is 1. The van der Waals surface area contributed by atoms with E-state index in [0.29, 0.717) is 65.9 Å². The highest BCUT2D eigenvalue weighted by Gasteiger charge is 2.23. The van der Waals surface area contributed by atoms with Crippen LogP contribution in [-0.4, -0.2) is 121 Å². The minimum absolute atomic E-state index is 0.0466. The summed E-state index contributed by atoms with van der Waals surface area (Å²) in [6.07, 6.45) is 0.455. The van der Waals surface area contributed by atoms with Crippen LogP contribution in [0.2, 0.25) is 0 Å². The third-order valence-electron chi connectivity index (χ3n) is 4.74. The van der Waals surface area contributed by atoms with Crippen molar-refractivity contribution < 1.29 is 52.7 Å². The van der Waals surface area contributed by atoms with Crippen molar-refractivity contribution in [2.45, 2.75) is 38.6 Å². The number of methoxy groups -OCH3 is 1. The normalized spacial score (nSPS) is 11.6. The first kappa shape index (κ1) is 35.6. The van der Waals surface area contributed by atoms with E-state index >= 15 is 0 Å². The maximum atomic E-state index is 12.6. The number of hydrogen-bond donors (Lipinski definition) is 3. The number of carbonyl (C=O) groups is 4. The second kappa shape index (κ2) is 24.9. The van der Waals surface area contributed by atoms with Crippen molar-refractivity contribution in [1.82, 2.24) is 10.6 Å². The maximum Gasteiger partial charge on any atom is 0.305 e. The van der Waals surface area contributed by atoms with E-state index in [-0.39, 0.29) is 50.4 Å². The summed E-state index contributed by atoms with van der Waals surface area (Å²) < 4.78 is 31.3. The van der Waals surface area contributed by atoms with Gasteiger partial charge in [0.1, 0.15) is 11.8 Å². The predicted octanol–water partition coefficient (Wildman–Crippen LogP) is 0.107. The highest BCUT2D eigenvalue weighted by molar-refractivity contribution is 5.97. The van der Waals surface area contributed by atoms with Gasteiger partial charge < -0.3 is 44.2 Å². The molecule has 220 valence electrons. The number of amides is 2. The van der Waals surface area contributed by atoms with E-state index in [1.807, 2.05) is 0 Å². The summed E-state index contributed by atoms with van der Waals surface area (Å²) >= 11 is 0. The number of rotatable bonds is 27. The van der Waals surface area contributed by atoms with Crippen LogP contribution in [0.3, 0.4) is 0 Å². The predicted molar refractivity (Wildman–Crippen MR) is 137 cm³/mol. The number of carbonyl (C=O) groups excluding carboxylic acids is 3. The zero-order chi connectivity index (χ0) is 28.4. The lowest BCUT2D eigenvalue weighted by Gasteiger charge is -2.18. The first-order valence-electron chi connectivity index (χ1n) is 12.6. The van der Waals surface area contributed by atoms with Crippen LogP contribution >= 0.6 is 0 Å². The van der Waals surface area contributed by atoms with Gasteiger partial charge >= 0.3 is 5.97 Å². The summed E-state index contributed by atoms with van der Waals surface area (Å²) in [5.74, 6) is -2.08. The summed E-state index contributed by atoms with van der Waals surface area (Å²) in [6.45, 7) is 9.10. The summed E-state index contributed by atoms with van der Waals surface area (Å²) in [5, 5.41) is 13.7. The molecule has 13 heteroatoms. The third kappa shape index (κ3) is 22.8. The Balaban J connectivity index is 4.09. The van der Waals surface area contributed by atoms with Crippen LogP contribution in [0.4, 0.5) is 0 Å². The Morgan fingerprint density at radius 1 is 0.763 bits per heavy atom. The van der Waals surface area contributed by atoms with Gasteiger partial charge in [0.15, 0.2) is 0 Å². The van der Waals surface area contributed by atoms with Crippen molar-refractivity contribution in [1.29, 1.82) is 0 Å². The molecule has 13 nitrogen and oxygen atoms in total. The van der Waals surface area contributed by atoms with E-state index in [9.17, 15) is 19.2 Å². The van der Waals surface area contributed by atoms with E-state index in [2.05, 4.69) is 17.2 Å². The fraction of sp³-hybridized carbons (Fsp3) is 0.760. The van der Waals surface area contributed by atoms with Crippen LogP contribution in [0.1, 0.15) is 32.6 Å². The molecule has 2 amide bonds. The van der Waals surface area contributed by atoms with Gasteiger partial charge in [-0.3, -0.25) is 19.2 Å². The SMILES string of the molecule is C=C(C)C(=O)N[C@H](CC(=O)CCCOCCOCCOCCC(=O)O)C(=O)NCCOCCOCCOC. The smallest absolute Gasteiger partial charge is 0.305 e. The standard InChI is InChI=1S/C25H44N2O11/c1-20(2)24(31)27-22(25(32)26-7-10-36-15-18-37-12-11-33-3)19-21(28)5-4-8-34-13-16-38-17-14-35-9-6-23(29)30/h22H,1,4-19H2,2-3H3,(H,26,32)(H,27,31)(H,29,30)/t22-/m1/s1. The minimum atomic E-state index is -1.02. The van der Waals surface area contributed by atoms with Crippen LogP contribution in [0.25, 0.3) is 0 Å². The number of carboxylic acid groups (broad SMARTS) is 1. The van der Waals surface area contributed by atoms with Gasteiger partial charge in [-0.15, -0.1) is 0 Å². The van der Waals surface area contributed by atoms with Gasteiger partial charge in [0.05, 0.1) is 72.5 Å². The average Bonchev–Trinajstić information content (AvgIpc) is 2.87. The number of Topliss-reactive ketones (excluding diaryl/α,β-unsaturated/α-hetero) is 1. The Morgan fingerprint density at radius 3 is 1.84 bits per heavy atom. The number of ether oxygens (including phenoxy) is 6. The number of hydrogen-bond acceptors (Lipinski definition) is 10. The van der Waals surface area contributed by atoms with Crippen LogP contribution < -0.4 is 10.6 Å². The molecule has 0 aliphatic carbocycles. The molecule has 38 heavy (non-hydrogen) atoms. The molecule has 0 bridgehead atoms. The Kier molecular flexibility index (Phi) is 23.3. The molecule has 0 rings (SSSR count). The van der Waals surface area contributed by atoms with Crippen molar-refractivity contribution in [2.24, 2.45) is 0 Å². The molecule has 0 spiro atoms. The lowest BCUT2D eigenvalue weighted by Crippen LogP contribution is -2.48. The molecule has 0 fully saturated rings. The first-order chi connectivity index (χ1) is 18.3. The highest BCUT2D eigenvalue weighted by Crippen LogP contribution is 2.03. The van der Waals surface area contributed by atoms with Gasteiger partial charge in [-0.2, -0.15) is 0 Å². The fourth-order valence-electron chi connectivity index (χ4n) is 2.73. The lowest BCUT2D eigenvalue weighted by atomic mass is 10.1. The molecule has 1 atom stereocenters. The number of nitrogens with one attached hydrogen (secondary N) is 2. The molecule has 0 aromatic carbocycles. The molecule has 0 aliphatic rings. The quantitative estimate of drug-likeness (QED) is 0.0941. The molecular formula is C25H44N2O11. The van der Waals surface area contributed by atoms with Crippen LogP contribution in [0, 0.1) is 0 Å². The number of aliphatic carboxylic acids is 1. The molecule has 0 heterocycles. The third-order valence-corrected chi connectivity index (χ3v) is 4.74. The van der Waals surface area contributed by atoms with Gasteiger partial charge in [-0.05, 0) is 13.3 Å². The van der Waals surface area contributed by atoms with Crippen LogP contribution in [0.15, 0.2) is 12.2 Å². The molecule has 0 unspecified atom stereocenters. The van der Waals surface area contributed by atoms with Crippen molar-refractivity contribution in [3.63, 3.8) is 0 Å². The summed E-state index contributed by atoms with van der Waals surface area (Å²) in [7, 11) is 1.59. The Morgan fingerprint density at radius 2 is 1.29 bits per heavy atom.